The maximum absolute atomic E-state index is 5.93. The van der Waals surface area contributed by atoms with Crippen molar-refractivity contribution < 1.29 is 4.74 Å². The van der Waals surface area contributed by atoms with Crippen molar-refractivity contribution in [2.24, 2.45) is 0 Å². The third-order valence-corrected chi connectivity index (χ3v) is 3.29. The van der Waals surface area contributed by atoms with Gasteiger partial charge in [0.05, 0.1) is 12.1 Å². The fourth-order valence-electron chi connectivity index (χ4n) is 2.45. The van der Waals surface area contributed by atoms with Crippen molar-refractivity contribution >= 4 is 10.9 Å². The first-order valence-electron chi connectivity index (χ1n) is 5.76. The molecular formula is C15H11NO. The highest BCUT2D eigenvalue weighted by atomic mass is 16.5. The molecule has 0 atom stereocenters. The molecule has 2 heteroatoms. The molecule has 1 aliphatic heterocycles. The molecule has 0 unspecified atom stereocenters. The number of para-hydroxylation sites is 2. The Kier molecular flexibility index (Phi) is 1.64. The van der Waals surface area contributed by atoms with E-state index in [2.05, 4.69) is 47.0 Å². The average molecular weight is 221 g/mol. The second-order valence-corrected chi connectivity index (χ2v) is 4.34. The first-order chi connectivity index (χ1) is 8.42. The SMILES string of the molecule is c1ccc2c(c1)Cn1c(cc3ccccc31)O2. The lowest BCUT2D eigenvalue weighted by molar-refractivity contribution is 0.410. The van der Waals surface area contributed by atoms with Crippen molar-refractivity contribution in [3.8, 4) is 11.6 Å². The minimum atomic E-state index is 0.888. The van der Waals surface area contributed by atoms with Crippen LogP contribution in [-0.2, 0) is 6.54 Å². The predicted octanol–water partition coefficient (Wildman–Crippen LogP) is 3.80. The van der Waals surface area contributed by atoms with E-state index in [-0.39, 0.29) is 0 Å². The molecule has 4 rings (SSSR count). The van der Waals surface area contributed by atoms with Crippen LogP contribution in [0, 0.1) is 0 Å². The molecule has 2 heterocycles. The number of fused-ring (bicyclic) bond motifs is 4. The van der Waals surface area contributed by atoms with Crippen molar-refractivity contribution in [2.45, 2.75) is 6.54 Å². The van der Waals surface area contributed by atoms with Crippen LogP contribution in [0.1, 0.15) is 5.56 Å². The number of aromatic nitrogens is 1. The molecule has 0 amide bonds. The van der Waals surface area contributed by atoms with Gasteiger partial charge in [0.2, 0.25) is 5.88 Å². The van der Waals surface area contributed by atoms with E-state index in [1.807, 2.05) is 12.1 Å². The molecule has 3 aromatic rings. The van der Waals surface area contributed by atoms with Crippen LogP contribution in [0.25, 0.3) is 10.9 Å². The summed E-state index contributed by atoms with van der Waals surface area (Å²) >= 11 is 0. The van der Waals surface area contributed by atoms with E-state index in [0.29, 0.717) is 0 Å². The average Bonchev–Trinajstić information content (AvgIpc) is 2.73. The summed E-state index contributed by atoms with van der Waals surface area (Å²) in [6.45, 7) is 0.888. The van der Waals surface area contributed by atoms with Gasteiger partial charge in [-0.25, -0.2) is 0 Å². The molecule has 0 spiro atoms. The molecule has 0 aliphatic carbocycles. The Labute approximate surface area is 99.1 Å². The second kappa shape index (κ2) is 3.14. The van der Waals surface area contributed by atoms with Crippen LogP contribution < -0.4 is 4.74 Å². The molecule has 2 nitrogen and oxygen atoms in total. The minimum absolute atomic E-state index is 0.888. The van der Waals surface area contributed by atoms with Gasteiger partial charge < -0.3 is 9.30 Å². The van der Waals surface area contributed by atoms with Crippen molar-refractivity contribution in [2.75, 3.05) is 0 Å². The van der Waals surface area contributed by atoms with E-state index < -0.39 is 0 Å². The maximum Gasteiger partial charge on any atom is 0.201 e. The summed E-state index contributed by atoms with van der Waals surface area (Å²) in [6, 6.07) is 18.7. The van der Waals surface area contributed by atoms with E-state index in [1.165, 1.54) is 16.5 Å². The molecule has 0 N–H and O–H groups in total. The fraction of sp³-hybridized carbons (Fsp3) is 0.0667. The topological polar surface area (TPSA) is 14.2 Å². The van der Waals surface area contributed by atoms with Crippen LogP contribution in [0.5, 0.6) is 11.6 Å². The van der Waals surface area contributed by atoms with E-state index >= 15 is 0 Å². The zero-order valence-corrected chi connectivity index (χ0v) is 9.26. The number of benzene rings is 2. The van der Waals surface area contributed by atoms with Gasteiger partial charge in [-0.15, -0.1) is 0 Å². The van der Waals surface area contributed by atoms with Crippen molar-refractivity contribution in [1.29, 1.82) is 0 Å². The first kappa shape index (κ1) is 8.88. The predicted molar refractivity (Wildman–Crippen MR) is 67.6 cm³/mol. The number of rotatable bonds is 0. The molecule has 1 aliphatic rings. The molecule has 0 fully saturated rings. The lowest BCUT2D eigenvalue weighted by Crippen LogP contribution is -2.08. The molecule has 2 aromatic carbocycles. The molecule has 17 heavy (non-hydrogen) atoms. The number of ether oxygens (including phenoxy) is 1. The van der Waals surface area contributed by atoms with E-state index in [0.717, 1.165) is 18.2 Å². The lowest BCUT2D eigenvalue weighted by Gasteiger charge is -2.19. The summed E-state index contributed by atoms with van der Waals surface area (Å²) in [4.78, 5) is 0. The Morgan fingerprint density at radius 1 is 0.941 bits per heavy atom. The summed E-state index contributed by atoms with van der Waals surface area (Å²) in [5.74, 6) is 1.91. The van der Waals surface area contributed by atoms with Gasteiger partial charge in [0.1, 0.15) is 5.75 Å². The highest BCUT2D eigenvalue weighted by molar-refractivity contribution is 5.83. The van der Waals surface area contributed by atoms with Crippen molar-refractivity contribution in [3.05, 3.63) is 60.2 Å². The molecule has 1 aromatic heterocycles. The Morgan fingerprint density at radius 2 is 1.76 bits per heavy atom. The van der Waals surface area contributed by atoms with Gasteiger partial charge >= 0.3 is 0 Å². The van der Waals surface area contributed by atoms with Crippen molar-refractivity contribution in [3.63, 3.8) is 0 Å². The van der Waals surface area contributed by atoms with Crippen LogP contribution in [0.15, 0.2) is 54.6 Å². The van der Waals surface area contributed by atoms with E-state index in [4.69, 9.17) is 4.74 Å². The normalized spacial score (nSPS) is 12.9. The summed E-state index contributed by atoms with van der Waals surface area (Å²) in [7, 11) is 0. The van der Waals surface area contributed by atoms with Gasteiger partial charge in [-0.05, 0) is 12.1 Å². The number of nitrogens with zero attached hydrogens (tertiary/aromatic N) is 1. The summed E-state index contributed by atoms with van der Waals surface area (Å²) < 4.78 is 8.15. The largest absolute Gasteiger partial charge is 0.440 e. The minimum Gasteiger partial charge on any atom is -0.440 e. The van der Waals surface area contributed by atoms with Crippen LogP contribution >= 0.6 is 0 Å². The zero-order chi connectivity index (χ0) is 11.2. The van der Waals surface area contributed by atoms with Crippen LogP contribution in [0.4, 0.5) is 0 Å². The number of hydrogen-bond acceptors (Lipinski definition) is 1. The standard InChI is InChI=1S/C15H11NO/c1-3-7-13-11(5-1)9-15-16(13)10-12-6-2-4-8-14(12)17-15/h1-9H,10H2. The Morgan fingerprint density at radius 3 is 2.76 bits per heavy atom. The third kappa shape index (κ3) is 1.21. The molecular weight excluding hydrogens is 210 g/mol. The lowest BCUT2D eigenvalue weighted by atomic mass is 10.2. The molecule has 0 saturated heterocycles. The molecule has 0 bridgehead atoms. The highest BCUT2D eigenvalue weighted by Crippen LogP contribution is 2.36. The fourth-order valence-corrected chi connectivity index (χ4v) is 2.45. The number of hydrogen-bond donors (Lipinski definition) is 0. The van der Waals surface area contributed by atoms with E-state index in [1.54, 1.807) is 0 Å². The van der Waals surface area contributed by atoms with Gasteiger partial charge in [0.15, 0.2) is 0 Å². The van der Waals surface area contributed by atoms with Gasteiger partial charge in [-0.2, -0.15) is 0 Å². The zero-order valence-electron chi connectivity index (χ0n) is 9.26. The van der Waals surface area contributed by atoms with Crippen molar-refractivity contribution in [1.82, 2.24) is 4.57 Å². The van der Waals surface area contributed by atoms with Gasteiger partial charge in [-0.3, -0.25) is 0 Å². The van der Waals surface area contributed by atoms with Crippen LogP contribution in [0.2, 0.25) is 0 Å². The van der Waals surface area contributed by atoms with Crippen LogP contribution in [0.3, 0.4) is 0 Å². The molecule has 0 radical (unpaired) electrons. The first-order valence-corrected chi connectivity index (χ1v) is 5.76. The Balaban J connectivity index is 1.97. The van der Waals surface area contributed by atoms with Gasteiger partial charge in [0.25, 0.3) is 0 Å². The van der Waals surface area contributed by atoms with E-state index in [9.17, 15) is 0 Å². The van der Waals surface area contributed by atoms with Crippen LogP contribution in [-0.4, -0.2) is 4.57 Å². The monoisotopic (exact) mass is 221 g/mol. The Bertz CT molecular complexity index is 712. The summed E-state index contributed by atoms with van der Waals surface area (Å²) in [6.07, 6.45) is 0. The van der Waals surface area contributed by atoms with Gasteiger partial charge in [0, 0.05) is 17.0 Å². The summed E-state index contributed by atoms with van der Waals surface area (Å²) in [5.41, 5.74) is 2.47. The van der Waals surface area contributed by atoms with Gasteiger partial charge in [-0.1, -0.05) is 36.4 Å². The third-order valence-electron chi connectivity index (χ3n) is 3.29. The quantitative estimate of drug-likeness (QED) is 0.440. The molecule has 0 saturated carbocycles. The summed E-state index contributed by atoms with van der Waals surface area (Å²) in [5, 5.41) is 1.23. The molecule has 82 valence electrons. The highest BCUT2D eigenvalue weighted by Gasteiger charge is 2.18. The Hall–Kier alpha value is -2.22. The smallest absolute Gasteiger partial charge is 0.201 e. The maximum atomic E-state index is 5.93. The second-order valence-electron chi connectivity index (χ2n) is 4.34.